The number of nitrogens with zero attached hydrogens (tertiary/aromatic N) is 4. The highest BCUT2D eigenvalue weighted by Crippen LogP contribution is 2.47. The van der Waals surface area contributed by atoms with E-state index in [-0.39, 0.29) is 22.0 Å². The van der Waals surface area contributed by atoms with E-state index in [9.17, 15) is 29.5 Å². The van der Waals surface area contributed by atoms with Gasteiger partial charge in [-0.2, -0.15) is 5.26 Å². The van der Waals surface area contributed by atoms with Crippen LogP contribution < -0.4 is 10.6 Å². The van der Waals surface area contributed by atoms with Gasteiger partial charge in [-0.25, -0.2) is 14.6 Å². The Labute approximate surface area is 342 Å². The zero-order valence-electron chi connectivity index (χ0n) is 31.9. The number of thiazole rings is 1. The number of amides is 2. The van der Waals surface area contributed by atoms with Crippen LogP contribution >= 0.6 is 34.9 Å². The van der Waals surface area contributed by atoms with Crippen molar-refractivity contribution < 1.29 is 33.9 Å². The van der Waals surface area contributed by atoms with E-state index in [1.807, 2.05) is 96.4 Å². The molecule has 2 unspecified atom stereocenters. The number of rotatable bonds is 13. The van der Waals surface area contributed by atoms with Gasteiger partial charge in [-0.15, -0.1) is 23.1 Å². The maximum Gasteiger partial charge on any atom is 0.353 e. The number of hydrogen-bond acceptors (Lipinski definition) is 13. The molecule has 1 aromatic heterocycles. The monoisotopic (exact) mass is 824 g/mol. The lowest BCUT2D eigenvalue weighted by Gasteiger charge is -2.50. The number of aromatic nitrogens is 1. The number of hydrogen-bond donors (Lipinski definition) is 3. The number of ether oxygens (including phenoxy) is 1. The molecule has 0 spiro atoms. The molecule has 16 heteroatoms. The number of carboxylic acid groups (broad SMARTS) is 1. The zero-order chi connectivity index (χ0) is 41.1. The number of carboxylic acids is 1. The van der Waals surface area contributed by atoms with Gasteiger partial charge in [0.1, 0.15) is 39.3 Å². The van der Waals surface area contributed by atoms with Crippen molar-refractivity contribution in [2.24, 2.45) is 5.16 Å². The number of carbonyl (C=O) groups excluding carboxylic acids is 3. The molecule has 2 aliphatic rings. The summed E-state index contributed by atoms with van der Waals surface area (Å²) in [4.78, 5) is 65.1. The molecule has 3 heterocycles. The topological polar surface area (TPSA) is 183 Å². The Morgan fingerprint density at radius 1 is 0.930 bits per heavy atom. The second kappa shape index (κ2) is 16.5. The fourth-order valence-electron chi connectivity index (χ4n) is 6.34. The quantitative estimate of drug-likeness (QED) is 0.0325. The molecule has 6 rings (SSSR count). The van der Waals surface area contributed by atoms with Crippen molar-refractivity contribution >= 4 is 69.5 Å². The maximum absolute atomic E-state index is 14.3. The highest BCUT2D eigenvalue weighted by molar-refractivity contribution is 8.09. The van der Waals surface area contributed by atoms with Gasteiger partial charge in [0.15, 0.2) is 10.8 Å². The third-order valence-corrected chi connectivity index (χ3v) is 12.2. The molecule has 294 valence electrons. The van der Waals surface area contributed by atoms with Gasteiger partial charge in [0.2, 0.25) is 5.60 Å². The van der Waals surface area contributed by atoms with Crippen LogP contribution in [0.2, 0.25) is 0 Å². The van der Waals surface area contributed by atoms with Crippen molar-refractivity contribution in [2.75, 3.05) is 5.32 Å². The third-order valence-electron chi connectivity index (χ3n) is 9.01. The van der Waals surface area contributed by atoms with E-state index in [1.54, 1.807) is 33.1 Å². The number of anilines is 1. The smallest absolute Gasteiger partial charge is 0.353 e. The Hall–Kier alpha value is -5.63. The summed E-state index contributed by atoms with van der Waals surface area (Å²) < 4.78 is 5.53. The first-order valence-electron chi connectivity index (χ1n) is 17.8. The number of thiocyanates is 1. The van der Waals surface area contributed by atoms with Crippen LogP contribution in [0.1, 0.15) is 63.9 Å². The fraction of sp³-hybridized carbons (Fsp3) is 0.293. The number of benzene rings is 3. The van der Waals surface area contributed by atoms with Crippen LogP contribution in [0, 0.1) is 10.7 Å². The van der Waals surface area contributed by atoms with Crippen LogP contribution in [0.4, 0.5) is 5.13 Å². The van der Waals surface area contributed by atoms with E-state index in [1.165, 1.54) is 36.9 Å². The minimum Gasteiger partial charge on any atom is -0.477 e. The Bertz CT molecular complexity index is 2170. The summed E-state index contributed by atoms with van der Waals surface area (Å²) in [6, 6.07) is 28.5. The van der Waals surface area contributed by atoms with E-state index in [0.29, 0.717) is 16.9 Å². The Balaban J connectivity index is 1.38. The summed E-state index contributed by atoms with van der Waals surface area (Å²) in [5.74, 6) is -3.61. The van der Waals surface area contributed by atoms with Crippen LogP contribution in [0.3, 0.4) is 0 Å². The molecule has 1 saturated heterocycles. The largest absolute Gasteiger partial charge is 0.477 e. The Morgan fingerprint density at radius 2 is 1.47 bits per heavy atom. The second-order valence-corrected chi connectivity index (χ2v) is 17.7. The molecule has 4 aromatic rings. The van der Waals surface area contributed by atoms with Crippen LogP contribution in [-0.4, -0.2) is 72.3 Å². The van der Waals surface area contributed by atoms with Gasteiger partial charge in [0.05, 0.1) is 0 Å². The summed E-state index contributed by atoms with van der Waals surface area (Å²) in [6.45, 7) is 9.77. The van der Waals surface area contributed by atoms with Gasteiger partial charge in [0.25, 0.3) is 11.8 Å². The number of fused-ring (bicyclic) bond motifs is 1. The Kier molecular flexibility index (Phi) is 11.8. The number of thioether (sulfide) groups is 2. The van der Waals surface area contributed by atoms with E-state index in [2.05, 4.69) is 15.8 Å². The predicted octanol–water partition coefficient (Wildman–Crippen LogP) is 6.69. The summed E-state index contributed by atoms with van der Waals surface area (Å²) in [5.41, 5.74) is -1.20. The average Bonchev–Trinajstić information content (AvgIpc) is 3.64. The number of esters is 1. The van der Waals surface area contributed by atoms with E-state index < -0.39 is 57.2 Å². The lowest BCUT2D eigenvalue weighted by molar-refractivity contribution is -0.179. The standard InChI is InChI=1S/C41H40N6O7S3/c1-24-32(56-23-42)31(36(50)51)47-34(49)30(35(47)57-24)44-33(48)29(46-54-40(5,6)37(52)53-39(2,3)4)28-22-55-38(43-28)45-41(25-16-10-7-11-17-25,26-18-12-8-13-19-26)27-20-14-9-15-21-27/h7-22,24,30,35H,1-6H3,(H,43,45)(H,44,48)(H,50,51)/t24?,30?,35-/m1/s1. The van der Waals surface area contributed by atoms with E-state index in [4.69, 9.17) is 14.6 Å². The maximum atomic E-state index is 14.3. The normalized spacial score (nSPS) is 18.5. The molecule has 0 radical (unpaired) electrons. The first-order valence-corrected chi connectivity index (χ1v) is 20.4. The molecule has 3 aromatic carbocycles. The predicted molar refractivity (Wildman–Crippen MR) is 220 cm³/mol. The lowest BCUT2D eigenvalue weighted by Crippen LogP contribution is -2.71. The molecule has 2 aliphatic heterocycles. The van der Waals surface area contributed by atoms with Gasteiger partial charge in [0, 0.05) is 15.5 Å². The molecule has 0 aliphatic carbocycles. The molecular formula is C41H40N6O7S3. The van der Waals surface area contributed by atoms with Gasteiger partial charge in [-0.1, -0.05) is 96.2 Å². The van der Waals surface area contributed by atoms with Crippen LogP contribution in [0.5, 0.6) is 0 Å². The minimum atomic E-state index is -1.65. The third kappa shape index (κ3) is 8.41. The summed E-state index contributed by atoms with van der Waals surface area (Å²) >= 11 is 3.14. The van der Waals surface area contributed by atoms with Crippen molar-refractivity contribution in [3.05, 3.63) is 129 Å². The lowest BCUT2D eigenvalue weighted by atomic mass is 9.77. The van der Waals surface area contributed by atoms with Gasteiger partial charge in [-0.05, 0) is 70.0 Å². The molecule has 13 nitrogen and oxygen atoms in total. The first kappa shape index (κ1) is 41.0. The van der Waals surface area contributed by atoms with Crippen molar-refractivity contribution in [1.29, 1.82) is 5.26 Å². The minimum absolute atomic E-state index is 0.0789. The molecule has 57 heavy (non-hydrogen) atoms. The molecule has 0 saturated carbocycles. The molecular weight excluding hydrogens is 785 g/mol. The second-order valence-electron chi connectivity index (χ2n) is 14.6. The van der Waals surface area contributed by atoms with Crippen molar-refractivity contribution in [3.8, 4) is 5.40 Å². The highest BCUT2D eigenvalue weighted by atomic mass is 32.2. The van der Waals surface area contributed by atoms with Crippen molar-refractivity contribution in [1.82, 2.24) is 15.2 Å². The molecule has 3 N–H and O–H groups in total. The van der Waals surface area contributed by atoms with Gasteiger partial charge >= 0.3 is 11.9 Å². The van der Waals surface area contributed by atoms with Gasteiger partial charge < -0.3 is 25.3 Å². The fourth-order valence-corrected chi connectivity index (χ4v) is 9.27. The summed E-state index contributed by atoms with van der Waals surface area (Å²) in [5, 5.41) is 32.6. The molecule has 1 fully saturated rings. The SMILES string of the molecule is CC1S[C@@H]2C(NC(=O)C(=NOC(C)(C)C(=O)OC(C)(C)C)c3csc(NC(c4ccccc4)(c4ccccc4)c4ccccc4)n3)C(=O)N2C(C(=O)O)=C1SC#N. The number of nitriles is 1. The zero-order valence-corrected chi connectivity index (χ0v) is 34.3. The number of oxime groups is 1. The number of carbonyl (C=O) groups is 4. The molecule has 2 amide bonds. The highest BCUT2D eigenvalue weighted by Gasteiger charge is 2.56. The number of nitrogens with one attached hydrogen (secondary N) is 2. The van der Waals surface area contributed by atoms with E-state index >= 15 is 0 Å². The molecule has 3 atom stereocenters. The van der Waals surface area contributed by atoms with E-state index in [0.717, 1.165) is 21.6 Å². The van der Waals surface area contributed by atoms with Crippen LogP contribution in [0.25, 0.3) is 0 Å². The average molecular weight is 825 g/mol. The van der Waals surface area contributed by atoms with Gasteiger partial charge in [-0.3, -0.25) is 14.5 Å². The van der Waals surface area contributed by atoms with Crippen molar-refractivity contribution in [3.63, 3.8) is 0 Å². The van der Waals surface area contributed by atoms with Crippen LogP contribution in [0.15, 0.2) is 112 Å². The summed E-state index contributed by atoms with van der Waals surface area (Å²) in [6.07, 6.45) is 0. The van der Waals surface area contributed by atoms with Crippen LogP contribution in [-0.2, 0) is 34.3 Å². The Morgan fingerprint density at radius 3 is 1.96 bits per heavy atom. The van der Waals surface area contributed by atoms with Crippen molar-refractivity contribution in [2.45, 2.75) is 74.9 Å². The number of β-lactam (4-membered cyclic amide) rings is 1. The summed E-state index contributed by atoms with van der Waals surface area (Å²) in [7, 11) is 0. The molecule has 0 bridgehead atoms. The number of aliphatic carboxylic acids is 1. The first-order chi connectivity index (χ1) is 27.1.